The number of anilines is 1. The molecular formula is C16H22ClN5O2. The summed E-state index contributed by atoms with van der Waals surface area (Å²) in [6.07, 6.45) is 5.57. The number of aromatic nitrogens is 4. The number of aromatic amines is 1. The maximum Gasteiger partial charge on any atom is 0.252 e. The minimum atomic E-state index is -0.159. The van der Waals surface area contributed by atoms with Gasteiger partial charge in [0, 0.05) is 37.9 Å². The molecule has 1 saturated heterocycles. The van der Waals surface area contributed by atoms with Crippen LogP contribution in [0.1, 0.15) is 31.4 Å². The number of halogens is 1. The Balaban J connectivity index is 1.65. The first-order chi connectivity index (χ1) is 11.6. The number of ether oxygens (including phenoxy) is 1. The molecule has 2 unspecified atom stereocenters. The SMILES string of the molecule is CC(Cn1cc(Cl)cn1)c1cc(=O)[nH]c(NCC2CCCOC2)n1. The standard InChI is InChI=1S/C16H22ClN5O2/c1-11(8-22-9-13(17)7-19-22)14-5-15(23)21-16(20-14)18-6-12-3-2-4-24-10-12/h5,7,9,11-12H,2-4,6,8,10H2,1H3,(H2,18,20,21,23). The van der Waals surface area contributed by atoms with Gasteiger partial charge in [0.1, 0.15) is 0 Å². The topological polar surface area (TPSA) is 84.8 Å². The predicted octanol–water partition coefficient (Wildman–Crippen LogP) is 2.26. The second-order valence-electron chi connectivity index (χ2n) is 6.26. The molecule has 0 aromatic carbocycles. The summed E-state index contributed by atoms with van der Waals surface area (Å²) >= 11 is 5.88. The summed E-state index contributed by atoms with van der Waals surface area (Å²) in [6, 6.07) is 1.53. The Labute approximate surface area is 145 Å². The van der Waals surface area contributed by atoms with E-state index in [1.54, 1.807) is 17.1 Å². The van der Waals surface area contributed by atoms with E-state index in [2.05, 4.69) is 20.4 Å². The lowest BCUT2D eigenvalue weighted by molar-refractivity contribution is 0.0594. The number of rotatable bonds is 6. The average molecular weight is 352 g/mol. The van der Waals surface area contributed by atoms with Crippen LogP contribution in [0.2, 0.25) is 5.02 Å². The minimum absolute atomic E-state index is 0.0434. The van der Waals surface area contributed by atoms with Crippen LogP contribution in [0.3, 0.4) is 0 Å². The van der Waals surface area contributed by atoms with Crippen LogP contribution in [0.15, 0.2) is 23.3 Å². The van der Waals surface area contributed by atoms with Gasteiger partial charge in [-0.1, -0.05) is 18.5 Å². The average Bonchev–Trinajstić information content (AvgIpc) is 2.98. The second-order valence-corrected chi connectivity index (χ2v) is 6.70. The molecule has 2 N–H and O–H groups in total. The maximum atomic E-state index is 11.9. The van der Waals surface area contributed by atoms with Gasteiger partial charge in [0.2, 0.25) is 5.95 Å². The van der Waals surface area contributed by atoms with Crippen LogP contribution >= 0.6 is 11.6 Å². The van der Waals surface area contributed by atoms with Crippen molar-refractivity contribution in [2.45, 2.75) is 32.2 Å². The molecule has 1 aliphatic heterocycles. The van der Waals surface area contributed by atoms with E-state index in [0.29, 0.717) is 23.4 Å². The first-order valence-corrected chi connectivity index (χ1v) is 8.59. The van der Waals surface area contributed by atoms with Gasteiger partial charge in [-0.25, -0.2) is 4.98 Å². The third kappa shape index (κ3) is 4.58. The molecule has 0 amide bonds. The molecule has 1 fully saturated rings. The number of hydrogen-bond donors (Lipinski definition) is 2. The molecule has 0 bridgehead atoms. The largest absolute Gasteiger partial charge is 0.381 e. The molecule has 2 atom stereocenters. The molecule has 3 rings (SSSR count). The van der Waals surface area contributed by atoms with Gasteiger partial charge >= 0.3 is 0 Å². The summed E-state index contributed by atoms with van der Waals surface area (Å²) < 4.78 is 7.22. The fourth-order valence-corrected chi connectivity index (χ4v) is 2.99. The summed E-state index contributed by atoms with van der Waals surface area (Å²) in [5.41, 5.74) is 0.570. The highest BCUT2D eigenvalue weighted by atomic mass is 35.5. The first-order valence-electron chi connectivity index (χ1n) is 8.21. The van der Waals surface area contributed by atoms with Gasteiger partial charge in [-0.2, -0.15) is 5.10 Å². The molecule has 0 spiro atoms. The van der Waals surface area contributed by atoms with Gasteiger partial charge in [0.25, 0.3) is 5.56 Å². The van der Waals surface area contributed by atoms with E-state index in [-0.39, 0.29) is 11.5 Å². The van der Waals surface area contributed by atoms with E-state index in [0.717, 1.165) is 38.3 Å². The molecule has 0 aliphatic carbocycles. The molecule has 3 heterocycles. The number of nitrogens with zero attached hydrogens (tertiary/aromatic N) is 3. The van der Waals surface area contributed by atoms with Crippen molar-refractivity contribution in [1.82, 2.24) is 19.7 Å². The number of nitrogens with one attached hydrogen (secondary N) is 2. The Morgan fingerprint density at radius 2 is 2.46 bits per heavy atom. The Morgan fingerprint density at radius 3 is 3.17 bits per heavy atom. The summed E-state index contributed by atoms with van der Waals surface area (Å²) in [4.78, 5) is 19.2. The van der Waals surface area contributed by atoms with Crippen molar-refractivity contribution < 1.29 is 4.74 Å². The van der Waals surface area contributed by atoms with E-state index < -0.39 is 0 Å². The highest BCUT2D eigenvalue weighted by Crippen LogP contribution is 2.17. The summed E-state index contributed by atoms with van der Waals surface area (Å²) in [5, 5.41) is 7.99. The molecular weight excluding hydrogens is 330 g/mol. The molecule has 24 heavy (non-hydrogen) atoms. The fourth-order valence-electron chi connectivity index (χ4n) is 2.83. The van der Waals surface area contributed by atoms with Crippen LogP contribution in [0, 0.1) is 5.92 Å². The molecule has 1 aliphatic rings. The van der Waals surface area contributed by atoms with Gasteiger partial charge < -0.3 is 10.1 Å². The zero-order valence-electron chi connectivity index (χ0n) is 13.7. The van der Waals surface area contributed by atoms with Crippen molar-refractivity contribution in [2.75, 3.05) is 25.1 Å². The van der Waals surface area contributed by atoms with Gasteiger partial charge in [0.15, 0.2) is 0 Å². The lowest BCUT2D eigenvalue weighted by Crippen LogP contribution is -2.26. The van der Waals surface area contributed by atoms with Crippen LogP contribution in [0.25, 0.3) is 0 Å². The number of hydrogen-bond acceptors (Lipinski definition) is 5. The van der Waals surface area contributed by atoms with Crippen molar-refractivity contribution in [3.8, 4) is 0 Å². The van der Waals surface area contributed by atoms with E-state index in [1.807, 2.05) is 6.92 Å². The van der Waals surface area contributed by atoms with Crippen molar-refractivity contribution >= 4 is 17.5 Å². The third-order valence-corrected chi connectivity index (χ3v) is 4.34. The molecule has 0 saturated carbocycles. The molecule has 130 valence electrons. The molecule has 2 aromatic rings. The number of H-pyrrole nitrogens is 1. The van der Waals surface area contributed by atoms with E-state index in [4.69, 9.17) is 16.3 Å². The normalized spacial score (nSPS) is 19.2. The lowest BCUT2D eigenvalue weighted by Gasteiger charge is -2.22. The van der Waals surface area contributed by atoms with Gasteiger partial charge in [-0.3, -0.25) is 14.5 Å². The highest BCUT2D eigenvalue weighted by Gasteiger charge is 2.15. The van der Waals surface area contributed by atoms with Crippen LogP contribution < -0.4 is 10.9 Å². The molecule has 8 heteroatoms. The Bertz CT molecular complexity index is 723. The van der Waals surface area contributed by atoms with Gasteiger partial charge in [-0.05, 0) is 18.8 Å². The van der Waals surface area contributed by atoms with Gasteiger partial charge in [0.05, 0.1) is 23.5 Å². The highest BCUT2D eigenvalue weighted by molar-refractivity contribution is 6.30. The zero-order chi connectivity index (χ0) is 16.9. The third-order valence-electron chi connectivity index (χ3n) is 4.14. The van der Waals surface area contributed by atoms with Crippen molar-refractivity contribution in [3.05, 3.63) is 39.5 Å². The Kier molecular flexibility index (Phi) is 5.52. The Morgan fingerprint density at radius 1 is 1.58 bits per heavy atom. The van der Waals surface area contributed by atoms with Crippen LogP contribution in [-0.4, -0.2) is 39.5 Å². The van der Waals surface area contributed by atoms with E-state index in [9.17, 15) is 4.79 Å². The lowest BCUT2D eigenvalue weighted by atomic mass is 10.0. The van der Waals surface area contributed by atoms with E-state index >= 15 is 0 Å². The van der Waals surface area contributed by atoms with Gasteiger partial charge in [-0.15, -0.1) is 0 Å². The summed E-state index contributed by atoms with van der Waals surface area (Å²) in [6.45, 7) is 4.97. The van der Waals surface area contributed by atoms with Crippen molar-refractivity contribution in [1.29, 1.82) is 0 Å². The van der Waals surface area contributed by atoms with Crippen LogP contribution in [-0.2, 0) is 11.3 Å². The van der Waals surface area contributed by atoms with Crippen LogP contribution in [0.5, 0.6) is 0 Å². The smallest absolute Gasteiger partial charge is 0.252 e. The monoisotopic (exact) mass is 351 g/mol. The fraction of sp³-hybridized carbons (Fsp3) is 0.562. The Hall–Kier alpha value is -1.86. The molecule has 7 nitrogen and oxygen atoms in total. The van der Waals surface area contributed by atoms with Crippen molar-refractivity contribution in [3.63, 3.8) is 0 Å². The summed E-state index contributed by atoms with van der Waals surface area (Å²) in [7, 11) is 0. The van der Waals surface area contributed by atoms with Crippen molar-refractivity contribution in [2.24, 2.45) is 5.92 Å². The summed E-state index contributed by atoms with van der Waals surface area (Å²) in [5.74, 6) is 1.01. The zero-order valence-corrected chi connectivity index (χ0v) is 14.4. The molecule has 0 radical (unpaired) electrons. The predicted molar refractivity (Wildman–Crippen MR) is 92.5 cm³/mol. The second kappa shape index (κ2) is 7.81. The van der Waals surface area contributed by atoms with Crippen LogP contribution in [0.4, 0.5) is 5.95 Å². The maximum absolute atomic E-state index is 11.9. The minimum Gasteiger partial charge on any atom is -0.381 e. The quantitative estimate of drug-likeness (QED) is 0.833. The molecule has 2 aromatic heterocycles. The van der Waals surface area contributed by atoms with E-state index in [1.165, 1.54) is 6.07 Å². The first kappa shape index (κ1) is 17.0.